The average Bonchev–Trinajstić information content (AvgIpc) is 2.79. The van der Waals surface area contributed by atoms with Crippen molar-refractivity contribution in [3.8, 4) is 0 Å². The zero-order valence-corrected chi connectivity index (χ0v) is 15.5. The van der Waals surface area contributed by atoms with Crippen LogP contribution < -0.4 is 0 Å². The summed E-state index contributed by atoms with van der Waals surface area (Å²) in [4.78, 5) is 44.9. The summed E-state index contributed by atoms with van der Waals surface area (Å²) in [6.07, 6.45) is -0.0146. The van der Waals surface area contributed by atoms with Gasteiger partial charge in [0.1, 0.15) is 6.04 Å². The second-order valence-electron chi connectivity index (χ2n) is 7.26. The number of rotatable bonds is 4. The van der Waals surface area contributed by atoms with Gasteiger partial charge < -0.3 is 9.57 Å². The third-order valence-electron chi connectivity index (χ3n) is 4.65. The largest absolute Gasteiger partial charge is 0.373 e. The molecule has 2 heterocycles. The molecule has 3 atom stereocenters. The summed E-state index contributed by atoms with van der Waals surface area (Å²) in [5.74, 6) is -1.86. The van der Waals surface area contributed by atoms with Crippen molar-refractivity contribution in [2.75, 3.05) is 13.1 Å². The number of carbonyl (C=O) groups is 3. The maximum atomic E-state index is 12.8. The van der Waals surface area contributed by atoms with Crippen LogP contribution in [0.1, 0.15) is 48.4 Å². The van der Waals surface area contributed by atoms with Crippen molar-refractivity contribution in [2.45, 2.75) is 45.9 Å². The van der Waals surface area contributed by atoms with Gasteiger partial charge in [-0.1, -0.05) is 31.0 Å². The molecule has 0 aliphatic carbocycles. The molecule has 0 aromatic heterocycles. The zero-order valence-electron chi connectivity index (χ0n) is 15.5. The minimum atomic E-state index is -0.606. The lowest BCUT2D eigenvalue weighted by Crippen LogP contribution is -2.55. The topological polar surface area (TPSA) is 76.2 Å². The van der Waals surface area contributed by atoms with Gasteiger partial charge in [-0.05, 0) is 31.9 Å². The second-order valence-corrected chi connectivity index (χ2v) is 7.26. The lowest BCUT2D eigenvalue weighted by atomic mass is 10.0. The molecule has 1 saturated heterocycles. The molecule has 26 heavy (non-hydrogen) atoms. The van der Waals surface area contributed by atoms with Gasteiger partial charge in [-0.25, -0.2) is 4.79 Å². The normalized spacial score (nSPS) is 24.7. The molecule has 0 radical (unpaired) electrons. The summed E-state index contributed by atoms with van der Waals surface area (Å²) in [5.41, 5.74) is 0.500. The molecule has 2 amide bonds. The Labute approximate surface area is 152 Å². The molecular formula is C19H24N2O5. The van der Waals surface area contributed by atoms with Crippen LogP contribution in [0.5, 0.6) is 0 Å². The zero-order chi connectivity index (χ0) is 19.0. The van der Waals surface area contributed by atoms with Crippen molar-refractivity contribution in [1.29, 1.82) is 0 Å². The Morgan fingerprint density at radius 1 is 1.08 bits per heavy atom. The Hall–Kier alpha value is -2.25. The molecule has 7 nitrogen and oxygen atoms in total. The quantitative estimate of drug-likeness (QED) is 0.763. The van der Waals surface area contributed by atoms with E-state index in [1.807, 2.05) is 32.6 Å². The van der Waals surface area contributed by atoms with E-state index in [4.69, 9.17) is 9.57 Å². The summed E-state index contributed by atoms with van der Waals surface area (Å²) in [6, 6.07) is 5.88. The van der Waals surface area contributed by atoms with Crippen LogP contribution in [0, 0.1) is 5.92 Å². The molecule has 1 aromatic rings. The number of amides is 2. The van der Waals surface area contributed by atoms with Crippen LogP contribution >= 0.6 is 0 Å². The number of imide groups is 1. The number of carbonyl (C=O) groups excluding carboxylic acids is 3. The summed E-state index contributed by atoms with van der Waals surface area (Å²) in [6.45, 7) is 8.91. The molecule has 1 fully saturated rings. The van der Waals surface area contributed by atoms with Gasteiger partial charge in [0.15, 0.2) is 0 Å². The molecular weight excluding hydrogens is 336 g/mol. The molecule has 2 aliphatic heterocycles. The first-order chi connectivity index (χ1) is 12.3. The predicted octanol–water partition coefficient (Wildman–Crippen LogP) is 1.87. The van der Waals surface area contributed by atoms with E-state index in [1.165, 1.54) is 0 Å². The highest BCUT2D eigenvalue weighted by molar-refractivity contribution is 6.20. The van der Waals surface area contributed by atoms with E-state index >= 15 is 0 Å². The van der Waals surface area contributed by atoms with Crippen molar-refractivity contribution in [3.63, 3.8) is 0 Å². The first-order valence-corrected chi connectivity index (χ1v) is 8.88. The van der Waals surface area contributed by atoms with Gasteiger partial charge in [0.05, 0.1) is 23.3 Å². The number of nitrogens with zero attached hydrogens (tertiary/aromatic N) is 2. The van der Waals surface area contributed by atoms with Gasteiger partial charge in [0.2, 0.25) is 0 Å². The number of ether oxygens (including phenoxy) is 1. The molecule has 140 valence electrons. The molecule has 3 rings (SSSR count). The Morgan fingerprint density at radius 3 is 2.04 bits per heavy atom. The van der Waals surface area contributed by atoms with Crippen molar-refractivity contribution in [1.82, 2.24) is 9.96 Å². The number of benzene rings is 1. The Morgan fingerprint density at radius 2 is 1.58 bits per heavy atom. The summed E-state index contributed by atoms with van der Waals surface area (Å²) in [5, 5.41) is 0.579. The molecule has 1 aromatic carbocycles. The van der Waals surface area contributed by atoms with Gasteiger partial charge in [-0.3, -0.25) is 14.5 Å². The van der Waals surface area contributed by atoms with E-state index < -0.39 is 23.8 Å². The van der Waals surface area contributed by atoms with Gasteiger partial charge in [0, 0.05) is 13.1 Å². The second kappa shape index (κ2) is 7.17. The number of hydroxylamine groups is 2. The lowest BCUT2D eigenvalue weighted by Gasteiger charge is -2.40. The highest BCUT2D eigenvalue weighted by Crippen LogP contribution is 2.25. The van der Waals surface area contributed by atoms with Gasteiger partial charge in [-0.15, -0.1) is 0 Å². The number of morpholine rings is 1. The predicted molar refractivity (Wildman–Crippen MR) is 93.2 cm³/mol. The van der Waals surface area contributed by atoms with Crippen LogP contribution in [-0.4, -0.2) is 59.1 Å². The smallest absolute Gasteiger partial charge is 0.350 e. The van der Waals surface area contributed by atoms with E-state index in [2.05, 4.69) is 0 Å². The molecule has 7 heteroatoms. The SMILES string of the molecule is CC1CN(C(C(=O)ON2C(=O)c3ccccc3C2=O)C(C)C)CC(C)O1. The van der Waals surface area contributed by atoms with E-state index in [1.54, 1.807) is 24.3 Å². The monoisotopic (exact) mass is 360 g/mol. The van der Waals surface area contributed by atoms with Gasteiger partial charge in [0.25, 0.3) is 11.8 Å². The van der Waals surface area contributed by atoms with Crippen molar-refractivity contribution < 1.29 is 24.0 Å². The summed E-state index contributed by atoms with van der Waals surface area (Å²) >= 11 is 0. The third-order valence-corrected chi connectivity index (χ3v) is 4.65. The molecule has 2 aliphatic rings. The van der Waals surface area contributed by atoms with Crippen LogP contribution in [-0.2, 0) is 14.4 Å². The highest BCUT2D eigenvalue weighted by atomic mass is 16.7. The van der Waals surface area contributed by atoms with Crippen LogP contribution in [0.25, 0.3) is 0 Å². The average molecular weight is 360 g/mol. The van der Waals surface area contributed by atoms with E-state index in [-0.39, 0.29) is 29.3 Å². The van der Waals surface area contributed by atoms with Crippen molar-refractivity contribution in [3.05, 3.63) is 35.4 Å². The van der Waals surface area contributed by atoms with Crippen molar-refractivity contribution >= 4 is 17.8 Å². The minimum Gasteiger partial charge on any atom is -0.373 e. The number of fused-ring (bicyclic) bond motifs is 1. The van der Waals surface area contributed by atoms with Crippen LogP contribution in [0.2, 0.25) is 0 Å². The molecule has 0 N–H and O–H groups in total. The van der Waals surface area contributed by atoms with Gasteiger partial charge in [-0.2, -0.15) is 0 Å². The minimum absolute atomic E-state index is 0.00731. The molecule has 3 unspecified atom stereocenters. The number of hydrogen-bond donors (Lipinski definition) is 0. The van der Waals surface area contributed by atoms with Crippen LogP contribution in [0.4, 0.5) is 0 Å². The molecule has 0 spiro atoms. The van der Waals surface area contributed by atoms with E-state index in [0.717, 1.165) is 0 Å². The lowest BCUT2D eigenvalue weighted by molar-refractivity contribution is -0.181. The Bertz CT molecular complexity index is 687. The summed E-state index contributed by atoms with van der Waals surface area (Å²) in [7, 11) is 0. The van der Waals surface area contributed by atoms with Crippen LogP contribution in [0.15, 0.2) is 24.3 Å². The highest BCUT2D eigenvalue weighted by Gasteiger charge is 2.42. The third kappa shape index (κ3) is 3.37. The van der Waals surface area contributed by atoms with E-state index in [9.17, 15) is 14.4 Å². The molecule has 0 saturated carbocycles. The maximum absolute atomic E-state index is 12.8. The van der Waals surface area contributed by atoms with E-state index in [0.29, 0.717) is 18.2 Å². The fraction of sp³-hybridized carbons (Fsp3) is 0.526. The molecule has 0 bridgehead atoms. The van der Waals surface area contributed by atoms with Crippen LogP contribution in [0.3, 0.4) is 0 Å². The Balaban J connectivity index is 1.77. The van der Waals surface area contributed by atoms with Crippen molar-refractivity contribution in [2.24, 2.45) is 5.92 Å². The first kappa shape index (κ1) is 18.5. The first-order valence-electron chi connectivity index (χ1n) is 8.88. The standard InChI is InChI=1S/C19H24N2O5/c1-11(2)16(20-9-12(3)25-13(4)10-20)19(24)26-21-17(22)14-7-5-6-8-15(14)18(21)23/h5-8,11-13,16H,9-10H2,1-4H3. The van der Waals surface area contributed by atoms with Gasteiger partial charge >= 0.3 is 5.97 Å². The summed E-state index contributed by atoms with van der Waals surface area (Å²) < 4.78 is 5.72. The maximum Gasteiger partial charge on any atom is 0.350 e. The number of hydrogen-bond acceptors (Lipinski definition) is 6. The Kier molecular flexibility index (Phi) is 5.11. The fourth-order valence-electron chi connectivity index (χ4n) is 3.68. The fourth-order valence-corrected chi connectivity index (χ4v) is 3.68.